The molecule has 0 saturated heterocycles. The fourth-order valence-electron chi connectivity index (χ4n) is 2.77. The van der Waals surface area contributed by atoms with Gasteiger partial charge in [-0.1, -0.05) is 29.3 Å². The average molecular weight is 423 g/mol. The summed E-state index contributed by atoms with van der Waals surface area (Å²) in [6.07, 6.45) is 3.34. The number of benzene rings is 1. The number of H-pyrrole nitrogens is 1. The molecule has 5 nitrogen and oxygen atoms in total. The Hall–Kier alpha value is -1.93. The van der Waals surface area contributed by atoms with Gasteiger partial charge in [0.1, 0.15) is 4.83 Å². The second kappa shape index (κ2) is 6.66. The number of aryl methyl sites for hydroxylation is 1. The molecule has 0 saturated carbocycles. The maximum atomic E-state index is 12.8. The lowest BCUT2D eigenvalue weighted by atomic mass is 10.2. The SMILES string of the molecule is Cc1cc2c(=O)n(-c3cnn(Cc4c(Cl)cccc4Cl)c3)c(=S)[nH]c2s1. The predicted octanol–water partition coefficient (Wildman–Crippen LogP) is 4.97. The zero-order valence-corrected chi connectivity index (χ0v) is 16.6. The van der Waals surface area contributed by atoms with Crippen molar-refractivity contribution in [3.63, 3.8) is 0 Å². The molecule has 0 radical (unpaired) electrons. The first-order chi connectivity index (χ1) is 12.4. The number of aromatic amines is 1. The summed E-state index contributed by atoms with van der Waals surface area (Å²) in [4.78, 5) is 17.8. The summed E-state index contributed by atoms with van der Waals surface area (Å²) in [6, 6.07) is 7.21. The Morgan fingerprint density at radius 2 is 2.04 bits per heavy atom. The lowest BCUT2D eigenvalue weighted by molar-refractivity contribution is 0.686. The first-order valence-corrected chi connectivity index (χ1v) is 9.63. The normalized spacial score (nSPS) is 11.3. The minimum atomic E-state index is -0.163. The Kier molecular flexibility index (Phi) is 4.48. The molecule has 0 aliphatic heterocycles. The van der Waals surface area contributed by atoms with Gasteiger partial charge in [-0.25, -0.2) is 4.57 Å². The van der Waals surface area contributed by atoms with Crippen LogP contribution in [0.4, 0.5) is 0 Å². The van der Waals surface area contributed by atoms with Crippen molar-refractivity contribution >= 4 is 57.0 Å². The van der Waals surface area contributed by atoms with Crippen LogP contribution in [-0.2, 0) is 6.54 Å². The van der Waals surface area contributed by atoms with Gasteiger partial charge in [0.2, 0.25) is 0 Å². The van der Waals surface area contributed by atoms with Crippen LogP contribution in [0.3, 0.4) is 0 Å². The van der Waals surface area contributed by atoms with Crippen molar-refractivity contribution in [3.05, 3.63) is 72.3 Å². The predicted molar refractivity (Wildman–Crippen MR) is 109 cm³/mol. The van der Waals surface area contributed by atoms with E-state index in [4.69, 9.17) is 35.4 Å². The van der Waals surface area contributed by atoms with E-state index < -0.39 is 0 Å². The van der Waals surface area contributed by atoms with Crippen LogP contribution in [0, 0.1) is 11.7 Å². The maximum absolute atomic E-state index is 12.8. The van der Waals surface area contributed by atoms with Crippen molar-refractivity contribution < 1.29 is 0 Å². The molecule has 132 valence electrons. The Bertz CT molecular complexity index is 1230. The monoisotopic (exact) mass is 422 g/mol. The second-order valence-corrected chi connectivity index (χ2v) is 8.22. The van der Waals surface area contributed by atoms with Crippen molar-refractivity contribution in [3.8, 4) is 5.69 Å². The molecule has 0 amide bonds. The molecule has 0 aliphatic rings. The highest BCUT2D eigenvalue weighted by Gasteiger charge is 2.13. The first kappa shape index (κ1) is 17.5. The summed E-state index contributed by atoms with van der Waals surface area (Å²) in [5, 5.41) is 6.07. The molecule has 3 heterocycles. The van der Waals surface area contributed by atoms with E-state index in [1.807, 2.05) is 13.0 Å². The van der Waals surface area contributed by atoms with Crippen LogP contribution < -0.4 is 5.56 Å². The highest BCUT2D eigenvalue weighted by atomic mass is 35.5. The van der Waals surface area contributed by atoms with Crippen LogP contribution >= 0.6 is 46.8 Å². The smallest absolute Gasteiger partial charge is 0.267 e. The van der Waals surface area contributed by atoms with Crippen LogP contribution in [-0.4, -0.2) is 19.3 Å². The van der Waals surface area contributed by atoms with E-state index >= 15 is 0 Å². The van der Waals surface area contributed by atoms with E-state index in [0.29, 0.717) is 32.4 Å². The van der Waals surface area contributed by atoms with Gasteiger partial charge in [0.25, 0.3) is 5.56 Å². The number of rotatable bonds is 3. The number of fused-ring (bicyclic) bond motifs is 1. The zero-order valence-electron chi connectivity index (χ0n) is 13.5. The van der Waals surface area contributed by atoms with Gasteiger partial charge in [0.15, 0.2) is 4.77 Å². The molecule has 9 heteroatoms. The van der Waals surface area contributed by atoms with Gasteiger partial charge in [-0.05, 0) is 37.3 Å². The third kappa shape index (κ3) is 3.01. The second-order valence-electron chi connectivity index (χ2n) is 5.77. The molecular weight excluding hydrogens is 411 g/mol. The quantitative estimate of drug-likeness (QED) is 0.474. The lowest BCUT2D eigenvalue weighted by Crippen LogP contribution is -2.19. The van der Waals surface area contributed by atoms with E-state index in [2.05, 4.69) is 10.1 Å². The molecule has 26 heavy (non-hydrogen) atoms. The number of halogens is 2. The van der Waals surface area contributed by atoms with Gasteiger partial charge in [0, 0.05) is 26.7 Å². The van der Waals surface area contributed by atoms with Crippen molar-refractivity contribution in [2.24, 2.45) is 0 Å². The number of hydrogen-bond donors (Lipinski definition) is 1. The molecule has 4 aromatic rings. The molecule has 0 fully saturated rings. The fourth-order valence-corrected chi connectivity index (χ4v) is 4.54. The van der Waals surface area contributed by atoms with Crippen molar-refractivity contribution in [2.75, 3.05) is 0 Å². The van der Waals surface area contributed by atoms with E-state index in [-0.39, 0.29) is 5.56 Å². The van der Waals surface area contributed by atoms with E-state index in [9.17, 15) is 4.79 Å². The van der Waals surface area contributed by atoms with E-state index in [1.54, 1.807) is 35.3 Å². The third-order valence-corrected chi connectivity index (χ3v) is 5.93. The number of thiophene rings is 1. The zero-order chi connectivity index (χ0) is 18.4. The van der Waals surface area contributed by atoms with Gasteiger partial charge < -0.3 is 4.98 Å². The van der Waals surface area contributed by atoms with Crippen LogP contribution in [0.5, 0.6) is 0 Å². The minimum Gasteiger partial charge on any atom is -0.323 e. The highest BCUT2D eigenvalue weighted by molar-refractivity contribution is 7.71. The van der Waals surface area contributed by atoms with Crippen molar-refractivity contribution in [1.82, 2.24) is 19.3 Å². The molecule has 0 unspecified atom stereocenters. The fraction of sp³-hybridized carbons (Fsp3) is 0.118. The summed E-state index contributed by atoms with van der Waals surface area (Å²) < 4.78 is 3.45. The minimum absolute atomic E-state index is 0.163. The standard InChI is InChI=1S/C17H12Cl2N4OS2/c1-9-5-11-15(26-9)21-17(25)23(16(11)24)10-6-20-22(7-10)8-12-13(18)3-2-4-14(12)19/h2-7H,8H2,1H3,(H,21,25). The highest BCUT2D eigenvalue weighted by Crippen LogP contribution is 2.25. The Morgan fingerprint density at radius 3 is 2.77 bits per heavy atom. The van der Waals surface area contributed by atoms with Crippen LogP contribution in [0.2, 0.25) is 10.0 Å². The van der Waals surface area contributed by atoms with Crippen LogP contribution in [0.25, 0.3) is 15.9 Å². The molecule has 1 N–H and O–H groups in total. The summed E-state index contributed by atoms with van der Waals surface area (Å²) in [5.41, 5.74) is 1.19. The van der Waals surface area contributed by atoms with Gasteiger partial charge in [-0.3, -0.25) is 9.48 Å². The molecular formula is C17H12Cl2N4OS2. The number of hydrogen-bond acceptors (Lipinski definition) is 4. The molecule has 4 rings (SSSR count). The summed E-state index contributed by atoms with van der Waals surface area (Å²) in [7, 11) is 0. The largest absolute Gasteiger partial charge is 0.323 e. The Balaban J connectivity index is 1.78. The van der Waals surface area contributed by atoms with E-state index in [1.165, 1.54) is 15.9 Å². The van der Waals surface area contributed by atoms with Crippen LogP contribution in [0.15, 0.2) is 41.5 Å². The maximum Gasteiger partial charge on any atom is 0.267 e. The van der Waals surface area contributed by atoms with Gasteiger partial charge in [-0.2, -0.15) is 5.10 Å². The Morgan fingerprint density at radius 1 is 1.31 bits per heavy atom. The number of aromatic nitrogens is 4. The third-order valence-electron chi connectivity index (χ3n) is 3.97. The molecule has 0 spiro atoms. The number of nitrogens with one attached hydrogen (secondary N) is 1. The molecule has 0 aliphatic carbocycles. The average Bonchev–Trinajstić information content (AvgIpc) is 3.17. The van der Waals surface area contributed by atoms with Gasteiger partial charge in [-0.15, -0.1) is 11.3 Å². The summed E-state index contributed by atoms with van der Waals surface area (Å²) in [5.74, 6) is 0. The van der Waals surface area contributed by atoms with Crippen molar-refractivity contribution in [1.29, 1.82) is 0 Å². The molecule has 3 aromatic heterocycles. The Labute approximate surface area is 167 Å². The van der Waals surface area contributed by atoms with Gasteiger partial charge in [0.05, 0.1) is 23.8 Å². The van der Waals surface area contributed by atoms with E-state index in [0.717, 1.165) is 15.3 Å². The van der Waals surface area contributed by atoms with Crippen LogP contribution in [0.1, 0.15) is 10.4 Å². The lowest BCUT2D eigenvalue weighted by Gasteiger charge is -2.07. The van der Waals surface area contributed by atoms with Crippen molar-refractivity contribution in [2.45, 2.75) is 13.5 Å². The molecule has 0 bridgehead atoms. The molecule has 1 aromatic carbocycles. The topological polar surface area (TPSA) is 55.6 Å². The summed E-state index contributed by atoms with van der Waals surface area (Å²) >= 11 is 19.3. The number of nitrogens with zero attached hydrogens (tertiary/aromatic N) is 3. The molecule has 0 atom stereocenters. The first-order valence-electron chi connectivity index (χ1n) is 7.65. The summed E-state index contributed by atoms with van der Waals surface area (Å²) in [6.45, 7) is 2.35. The van der Waals surface area contributed by atoms with Gasteiger partial charge >= 0.3 is 0 Å².